The largest absolute Gasteiger partial charge is 0.494 e. The number of amides is 1. The Hall–Kier alpha value is -3.91. The first kappa shape index (κ1) is 19.4. The quantitative estimate of drug-likeness (QED) is 0.632. The minimum absolute atomic E-state index is 0.115. The van der Waals surface area contributed by atoms with Crippen LogP contribution < -0.4 is 16.3 Å². The van der Waals surface area contributed by atoms with Crippen LogP contribution in [0.15, 0.2) is 74.9 Å². The van der Waals surface area contributed by atoms with Crippen molar-refractivity contribution in [2.45, 2.75) is 6.92 Å². The third-order valence-corrected chi connectivity index (χ3v) is 4.81. The zero-order valence-electron chi connectivity index (χ0n) is 15.7. The highest BCUT2D eigenvalue weighted by Gasteiger charge is 2.29. The third-order valence-electron chi connectivity index (χ3n) is 4.56. The van der Waals surface area contributed by atoms with E-state index >= 15 is 0 Å². The first-order chi connectivity index (χ1) is 14.4. The molecule has 4 rings (SSSR count). The van der Waals surface area contributed by atoms with E-state index in [2.05, 4.69) is 10.1 Å². The number of carbonyl (C=O) groups is 1. The van der Waals surface area contributed by atoms with Crippen LogP contribution >= 0.6 is 11.6 Å². The van der Waals surface area contributed by atoms with Gasteiger partial charge in [-0.1, -0.05) is 29.8 Å². The molecule has 1 amide bonds. The van der Waals surface area contributed by atoms with Crippen LogP contribution in [0.4, 0.5) is 5.69 Å². The smallest absolute Gasteiger partial charge is 0.335 e. The third kappa shape index (κ3) is 3.33. The van der Waals surface area contributed by atoms with E-state index in [1.165, 1.54) is 11.1 Å². The van der Waals surface area contributed by atoms with Gasteiger partial charge in [-0.2, -0.15) is 10.1 Å². The van der Waals surface area contributed by atoms with Gasteiger partial charge in [0.25, 0.3) is 11.5 Å². The van der Waals surface area contributed by atoms with Crippen LogP contribution in [0.2, 0.25) is 5.02 Å². The SMILES string of the molecule is CC1=NN(c2ccc(Cl)cc2)C(=O)C1=Cc1c(O)n(-c2ccccc2)c(=O)[nH]c1=O. The van der Waals surface area contributed by atoms with Crippen molar-refractivity contribution in [2.75, 3.05) is 5.01 Å². The molecule has 2 aromatic carbocycles. The van der Waals surface area contributed by atoms with Crippen LogP contribution in [-0.4, -0.2) is 26.3 Å². The molecule has 150 valence electrons. The first-order valence-electron chi connectivity index (χ1n) is 8.88. The van der Waals surface area contributed by atoms with Gasteiger partial charge in [0.15, 0.2) is 0 Å². The fourth-order valence-electron chi connectivity index (χ4n) is 3.07. The molecule has 9 heteroatoms. The molecular weight excluding hydrogens is 408 g/mol. The van der Waals surface area contributed by atoms with Crippen molar-refractivity contribution in [3.63, 3.8) is 0 Å². The Kier molecular flexibility index (Phi) is 4.85. The molecule has 1 aliphatic rings. The van der Waals surface area contributed by atoms with Crippen molar-refractivity contribution in [2.24, 2.45) is 5.10 Å². The number of nitrogens with one attached hydrogen (secondary N) is 1. The van der Waals surface area contributed by atoms with Gasteiger partial charge in [-0.15, -0.1) is 0 Å². The number of halogens is 1. The maximum absolute atomic E-state index is 12.9. The van der Waals surface area contributed by atoms with Crippen LogP contribution in [0.1, 0.15) is 12.5 Å². The lowest BCUT2D eigenvalue weighted by atomic mass is 10.1. The van der Waals surface area contributed by atoms with Crippen molar-refractivity contribution in [3.8, 4) is 11.6 Å². The van der Waals surface area contributed by atoms with E-state index in [0.29, 0.717) is 22.1 Å². The molecule has 0 bridgehead atoms. The number of aromatic nitrogens is 2. The van der Waals surface area contributed by atoms with E-state index < -0.39 is 23.0 Å². The van der Waals surface area contributed by atoms with Gasteiger partial charge in [-0.3, -0.25) is 14.6 Å². The Balaban J connectivity index is 1.81. The predicted octanol–water partition coefficient (Wildman–Crippen LogP) is 2.69. The van der Waals surface area contributed by atoms with Gasteiger partial charge < -0.3 is 5.11 Å². The summed E-state index contributed by atoms with van der Waals surface area (Å²) < 4.78 is 0.955. The molecule has 1 aromatic heterocycles. The highest BCUT2D eigenvalue weighted by molar-refractivity contribution is 6.32. The number of hydrogen-bond donors (Lipinski definition) is 2. The minimum atomic E-state index is -0.817. The second-order valence-corrected chi connectivity index (χ2v) is 6.94. The molecule has 0 aliphatic carbocycles. The first-order valence-corrected chi connectivity index (χ1v) is 9.25. The molecule has 1 aliphatic heterocycles. The Bertz CT molecular complexity index is 1320. The van der Waals surface area contributed by atoms with E-state index in [1.54, 1.807) is 61.5 Å². The van der Waals surface area contributed by atoms with Crippen LogP contribution in [0.25, 0.3) is 11.8 Å². The average Bonchev–Trinajstić information content (AvgIpc) is 3.00. The van der Waals surface area contributed by atoms with E-state index in [0.717, 1.165) is 4.57 Å². The molecule has 2 N–H and O–H groups in total. The van der Waals surface area contributed by atoms with Gasteiger partial charge in [0.2, 0.25) is 5.88 Å². The summed E-state index contributed by atoms with van der Waals surface area (Å²) in [7, 11) is 0. The van der Waals surface area contributed by atoms with Crippen LogP contribution in [0.5, 0.6) is 5.88 Å². The summed E-state index contributed by atoms with van der Waals surface area (Å²) in [4.78, 5) is 39.7. The molecule has 0 atom stereocenters. The Morgan fingerprint density at radius 1 is 1.00 bits per heavy atom. The standard InChI is InChI=1S/C21H15ClN4O4/c1-12-16(20(29)26(24-12)15-9-7-13(22)8-10-15)11-17-18(27)23-21(30)25(19(17)28)14-5-3-2-4-6-14/h2-11,28H,1H3,(H,23,27,30). The van der Waals surface area contributed by atoms with Crippen molar-refractivity contribution in [1.29, 1.82) is 0 Å². The molecule has 0 saturated heterocycles. The molecule has 0 radical (unpaired) electrons. The van der Waals surface area contributed by atoms with E-state index in [4.69, 9.17) is 11.6 Å². The number of nitrogens with zero attached hydrogens (tertiary/aromatic N) is 3. The number of hydrogen-bond acceptors (Lipinski definition) is 5. The topological polar surface area (TPSA) is 108 Å². The van der Waals surface area contributed by atoms with Gasteiger partial charge in [0, 0.05) is 5.02 Å². The number of aromatic hydroxyl groups is 1. The van der Waals surface area contributed by atoms with Crippen molar-refractivity contribution in [1.82, 2.24) is 9.55 Å². The summed E-state index contributed by atoms with van der Waals surface area (Å²) in [6.07, 6.45) is 1.23. The van der Waals surface area contributed by atoms with E-state index in [1.807, 2.05) is 0 Å². The number of hydrazone groups is 1. The van der Waals surface area contributed by atoms with E-state index in [-0.39, 0.29) is 11.1 Å². The highest BCUT2D eigenvalue weighted by Crippen LogP contribution is 2.27. The summed E-state index contributed by atoms with van der Waals surface area (Å²) >= 11 is 5.89. The number of benzene rings is 2. The monoisotopic (exact) mass is 422 g/mol. The van der Waals surface area contributed by atoms with Gasteiger partial charge in [-0.25, -0.2) is 9.36 Å². The number of anilines is 1. The number of rotatable bonds is 3. The zero-order chi connectivity index (χ0) is 21.4. The molecule has 0 spiro atoms. The molecule has 0 saturated carbocycles. The normalized spacial score (nSPS) is 15.0. The van der Waals surface area contributed by atoms with Crippen LogP contribution in [0, 0.1) is 0 Å². The molecule has 3 aromatic rings. The Morgan fingerprint density at radius 2 is 1.67 bits per heavy atom. The fourth-order valence-corrected chi connectivity index (χ4v) is 3.20. The molecule has 2 heterocycles. The van der Waals surface area contributed by atoms with Crippen molar-refractivity contribution in [3.05, 3.63) is 91.6 Å². The lowest BCUT2D eigenvalue weighted by Crippen LogP contribution is -2.30. The summed E-state index contributed by atoms with van der Waals surface area (Å²) in [6, 6.07) is 14.9. The van der Waals surface area contributed by atoms with E-state index in [9.17, 15) is 19.5 Å². The Labute approximate surface area is 175 Å². The zero-order valence-corrected chi connectivity index (χ0v) is 16.4. The predicted molar refractivity (Wildman–Crippen MR) is 114 cm³/mol. The van der Waals surface area contributed by atoms with Gasteiger partial charge >= 0.3 is 5.69 Å². The number of aromatic amines is 1. The van der Waals surface area contributed by atoms with Crippen molar-refractivity contribution < 1.29 is 9.90 Å². The average molecular weight is 423 g/mol. The number of H-pyrrole nitrogens is 1. The summed E-state index contributed by atoms with van der Waals surface area (Å²) in [5, 5.41) is 16.6. The molecule has 30 heavy (non-hydrogen) atoms. The minimum Gasteiger partial charge on any atom is -0.494 e. The highest BCUT2D eigenvalue weighted by atomic mass is 35.5. The summed E-state index contributed by atoms with van der Waals surface area (Å²) in [5.41, 5.74) is -0.509. The number of carbonyl (C=O) groups excluding carboxylic acids is 1. The molecule has 0 unspecified atom stereocenters. The maximum atomic E-state index is 12.9. The summed E-state index contributed by atoms with van der Waals surface area (Å²) in [5.74, 6) is -1.06. The molecule has 0 fully saturated rings. The van der Waals surface area contributed by atoms with Gasteiger partial charge in [0.1, 0.15) is 5.56 Å². The fraction of sp³-hybridized carbons (Fsp3) is 0.0476. The van der Waals surface area contributed by atoms with Crippen molar-refractivity contribution >= 4 is 35.0 Å². The Morgan fingerprint density at radius 3 is 2.33 bits per heavy atom. The van der Waals surface area contributed by atoms with Gasteiger partial charge in [-0.05, 0) is 49.4 Å². The molecular formula is C21H15ClN4O4. The lowest BCUT2D eigenvalue weighted by molar-refractivity contribution is -0.114. The molecule has 8 nitrogen and oxygen atoms in total. The van der Waals surface area contributed by atoms with Crippen LogP contribution in [-0.2, 0) is 4.79 Å². The second kappa shape index (κ2) is 7.49. The number of para-hydroxylation sites is 1. The van der Waals surface area contributed by atoms with Crippen LogP contribution in [0.3, 0.4) is 0 Å². The maximum Gasteiger partial charge on any atom is 0.335 e. The van der Waals surface area contributed by atoms with Gasteiger partial charge in [0.05, 0.1) is 22.7 Å². The summed E-state index contributed by atoms with van der Waals surface area (Å²) in [6.45, 7) is 1.61. The second-order valence-electron chi connectivity index (χ2n) is 6.50. The lowest BCUT2D eigenvalue weighted by Gasteiger charge is -2.12.